The van der Waals surface area contributed by atoms with Crippen molar-refractivity contribution in [2.24, 2.45) is 5.73 Å². The Hall–Kier alpha value is -3.29. The fraction of sp³-hybridized carbons (Fsp3) is 0.455. The first-order chi connectivity index (χ1) is 16.7. The highest BCUT2D eigenvalue weighted by molar-refractivity contribution is 7.93. The molecule has 2 atom stereocenters. The van der Waals surface area contributed by atoms with Gasteiger partial charge in [-0.15, -0.1) is 0 Å². The maximum Gasteiger partial charge on any atom is 0.341 e. The van der Waals surface area contributed by atoms with E-state index in [0.29, 0.717) is 5.95 Å². The molecular formula is C22H30N6O6S. The van der Waals surface area contributed by atoms with Gasteiger partial charge in [-0.2, -0.15) is 0 Å². The fourth-order valence-corrected chi connectivity index (χ4v) is 5.22. The zero-order chi connectivity index (χ0) is 25.5. The number of piperidine rings is 1. The highest BCUT2D eigenvalue weighted by Crippen LogP contribution is 2.25. The van der Waals surface area contributed by atoms with Crippen molar-refractivity contribution in [2.75, 3.05) is 35.7 Å². The normalized spacial score (nSPS) is 17.9. The molecule has 0 saturated carbocycles. The quantitative estimate of drug-likeness (QED) is 0.279. The van der Waals surface area contributed by atoms with E-state index in [1.807, 2.05) is 0 Å². The number of carboxylic acid groups (broad SMARTS) is 1. The first kappa shape index (κ1) is 26.3. The number of amides is 1. The largest absolute Gasteiger partial charge is 0.479 e. The van der Waals surface area contributed by atoms with E-state index in [2.05, 4.69) is 25.5 Å². The summed E-state index contributed by atoms with van der Waals surface area (Å²) in [5.74, 6) is -2.53. The van der Waals surface area contributed by atoms with E-state index in [0.717, 1.165) is 31.5 Å². The number of hydrogen-bond acceptors (Lipinski definition) is 10. The number of rotatable bonds is 11. The molecule has 0 aliphatic carbocycles. The minimum atomic E-state index is -4.33. The molecule has 2 heterocycles. The second-order valence-corrected chi connectivity index (χ2v) is 10.6. The van der Waals surface area contributed by atoms with E-state index in [9.17, 15) is 23.1 Å². The summed E-state index contributed by atoms with van der Waals surface area (Å²) in [5.41, 5.74) is 6.78. The second-order valence-electron chi connectivity index (χ2n) is 8.24. The number of aliphatic carboxylic acids is 1. The van der Waals surface area contributed by atoms with Crippen molar-refractivity contribution in [3.63, 3.8) is 0 Å². The molecular weight excluding hydrogens is 476 g/mol. The van der Waals surface area contributed by atoms with Gasteiger partial charge in [0, 0.05) is 36.8 Å². The van der Waals surface area contributed by atoms with Gasteiger partial charge in [-0.25, -0.2) is 23.2 Å². The number of nitrogens with one attached hydrogen (secondary N) is 2. The predicted octanol–water partition coefficient (Wildman–Crippen LogP) is 0.172. The number of nitrogens with two attached hydrogens (primary N) is 1. The number of benzene rings is 1. The van der Waals surface area contributed by atoms with Crippen molar-refractivity contribution >= 4 is 33.3 Å². The molecule has 1 amide bonds. The zero-order valence-electron chi connectivity index (χ0n) is 19.1. The van der Waals surface area contributed by atoms with Crippen LogP contribution in [-0.2, 0) is 14.6 Å². The minimum absolute atomic E-state index is 0.0247. The van der Waals surface area contributed by atoms with Gasteiger partial charge in [-0.3, -0.25) is 4.79 Å². The number of aromatic nitrogens is 2. The van der Waals surface area contributed by atoms with Crippen molar-refractivity contribution in [3.8, 4) is 0 Å². The van der Waals surface area contributed by atoms with Gasteiger partial charge in [-0.1, -0.05) is 0 Å². The lowest BCUT2D eigenvalue weighted by Crippen LogP contribution is -2.62. The monoisotopic (exact) mass is 506 g/mol. The van der Waals surface area contributed by atoms with E-state index < -0.39 is 45.5 Å². The SMILES string of the molecule is N[C@](CNC(=O)c1ccc(N2CCCCC2Nc2ncccn2)cc1)(C(=O)O)S(=O)(=O)CCCO. The van der Waals surface area contributed by atoms with Crippen LogP contribution < -0.4 is 21.3 Å². The predicted molar refractivity (Wildman–Crippen MR) is 129 cm³/mol. The summed E-state index contributed by atoms with van der Waals surface area (Å²) in [6.07, 6.45) is 6.08. The smallest absolute Gasteiger partial charge is 0.341 e. The minimum Gasteiger partial charge on any atom is -0.479 e. The molecule has 1 saturated heterocycles. The van der Waals surface area contributed by atoms with Gasteiger partial charge < -0.3 is 31.5 Å². The molecule has 1 aliphatic heterocycles. The van der Waals surface area contributed by atoms with E-state index in [-0.39, 0.29) is 18.2 Å². The van der Waals surface area contributed by atoms with Crippen LogP contribution in [0.2, 0.25) is 0 Å². The number of carbonyl (C=O) groups is 2. The zero-order valence-corrected chi connectivity index (χ0v) is 19.9. The molecule has 1 aromatic carbocycles. The molecule has 35 heavy (non-hydrogen) atoms. The summed E-state index contributed by atoms with van der Waals surface area (Å²) in [4.78, 5) is 32.1. The van der Waals surface area contributed by atoms with Crippen LogP contribution in [0.3, 0.4) is 0 Å². The molecule has 190 valence electrons. The van der Waals surface area contributed by atoms with Crippen LogP contribution >= 0.6 is 0 Å². The van der Waals surface area contributed by atoms with Crippen LogP contribution in [0.25, 0.3) is 0 Å². The first-order valence-electron chi connectivity index (χ1n) is 11.2. The molecule has 0 spiro atoms. The molecule has 12 nitrogen and oxygen atoms in total. The molecule has 1 fully saturated rings. The van der Waals surface area contributed by atoms with Gasteiger partial charge >= 0.3 is 5.97 Å². The number of sulfone groups is 1. The molecule has 13 heteroatoms. The third-order valence-electron chi connectivity index (χ3n) is 5.83. The number of aliphatic hydroxyl groups is 1. The van der Waals surface area contributed by atoms with E-state index in [1.54, 1.807) is 42.7 Å². The maximum atomic E-state index is 12.6. The van der Waals surface area contributed by atoms with Crippen molar-refractivity contribution in [1.82, 2.24) is 15.3 Å². The Balaban J connectivity index is 1.68. The average Bonchev–Trinajstić information content (AvgIpc) is 2.86. The van der Waals surface area contributed by atoms with Gasteiger partial charge in [0.1, 0.15) is 6.17 Å². The first-order valence-corrected chi connectivity index (χ1v) is 12.9. The van der Waals surface area contributed by atoms with Crippen LogP contribution in [0.15, 0.2) is 42.7 Å². The lowest BCUT2D eigenvalue weighted by Gasteiger charge is -2.38. The van der Waals surface area contributed by atoms with Gasteiger partial charge in [-0.05, 0) is 56.0 Å². The summed E-state index contributed by atoms with van der Waals surface area (Å²) in [6, 6.07) is 8.43. The lowest BCUT2D eigenvalue weighted by molar-refractivity contribution is -0.139. The van der Waals surface area contributed by atoms with Gasteiger partial charge in [0.15, 0.2) is 9.84 Å². The molecule has 0 bridgehead atoms. The number of nitrogens with zero attached hydrogens (tertiary/aromatic N) is 3. The lowest BCUT2D eigenvalue weighted by atomic mass is 10.1. The molecule has 1 aliphatic rings. The number of carboxylic acids is 1. The molecule has 1 aromatic heterocycles. The maximum absolute atomic E-state index is 12.6. The Morgan fingerprint density at radius 3 is 2.49 bits per heavy atom. The Kier molecular flexibility index (Phi) is 8.59. The average molecular weight is 507 g/mol. The number of hydrogen-bond donors (Lipinski definition) is 5. The van der Waals surface area contributed by atoms with Crippen LogP contribution in [0.5, 0.6) is 0 Å². The van der Waals surface area contributed by atoms with Gasteiger partial charge in [0.05, 0.1) is 12.3 Å². The molecule has 1 unspecified atom stereocenters. The molecule has 6 N–H and O–H groups in total. The van der Waals surface area contributed by atoms with Crippen molar-refractivity contribution in [3.05, 3.63) is 48.3 Å². The van der Waals surface area contributed by atoms with Crippen molar-refractivity contribution in [1.29, 1.82) is 0 Å². The molecule has 2 aromatic rings. The highest BCUT2D eigenvalue weighted by Gasteiger charge is 2.47. The summed E-state index contributed by atoms with van der Waals surface area (Å²) in [6.45, 7) is -0.443. The van der Waals surface area contributed by atoms with Crippen LogP contribution in [0.4, 0.5) is 11.6 Å². The third-order valence-corrected chi connectivity index (χ3v) is 8.08. The topological polar surface area (TPSA) is 188 Å². The Morgan fingerprint density at radius 2 is 1.86 bits per heavy atom. The summed E-state index contributed by atoms with van der Waals surface area (Å²) in [7, 11) is -4.33. The Morgan fingerprint density at radius 1 is 1.17 bits per heavy atom. The van der Waals surface area contributed by atoms with E-state index >= 15 is 0 Å². The standard InChI is InChI=1S/C22H30N6O6S/c23-22(20(31)32,35(33,34)14-4-13-29)15-26-19(30)16-6-8-17(9-7-16)28-12-2-1-5-18(28)27-21-24-10-3-11-25-21/h3,6-11,18,29H,1-2,4-5,12-15,23H2,(H,26,30)(H,31,32)(H,24,25,27)/t18?,22-/m0/s1. The van der Waals surface area contributed by atoms with Crippen molar-refractivity contribution < 1.29 is 28.2 Å². The Labute approximate surface area is 203 Å². The van der Waals surface area contributed by atoms with E-state index in [4.69, 9.17) is 10.8 Å². The summed E-state index contributed by atoms with van der Waals surface area (Å²) < 4.78 is 24.8. The van der Waals surface area contributed by atoms with Crippen LogP contribution in [-0.4, -0.2) is 77.0 Å². The molecule has 0 radical (unpaired) electrons. The van der Waals surface area contributed by atoms with Crippen LogP contribution in [0, 0.1) is 0 Å². The van der Waals surface area contributed by atoms with Crippen molar-refractivity contribution in [2.45, 2.75) is 36.7 Å². The van der Waals surface area contributed by atoms with Crippen LogP contribution in [0.1, 0.15) is 36.0 Å². The molecule has 3 rings (SSSR count). The fourth-order valence-electron chi connectivity index (χ4n) is 3.79. The third kappa shape index (κ3) is 6.24. The van der Waals surface area contributed by atoms with Gasteiger partial charge in [0.25, 0.3) is 5.91 Å². The Bertz CT molecular complexity index is 1120. The summed E-state index contributed by atoms with van der Waals surface area (Å²) in [5, 5.41) is 23.9. The van der Waals surface area contributed by atoms with E-state index in [1.165, 1.54) is 0 Å². The number of anilines is 2. The summed E-state index contributed by atoms with van der Waals surface area (Å²) >= 11 is 0. The van der Waals surface area contributed by atoms with Gasteiger partial charge in [0.2, 0.25) is 10.8 Å². The number of aliphatic hydroxyl groups excluding tert-OH is 1. The highest BCUT2D eigenvalue weighted by atomic mass is 32.2. The number of carbonyl (C=O) groups excluding carboxylic acids is 1. The second kappa shape index (κ2) is 11.4.